The third-order valence-corrected chi connectivity index (χ3v) is 4.29. The fraction of sp³-hybridized carbons (Fsp3) is 0.333. The number of furan rings is 1. The predicted molar refractivity (Wildman–Crippen MR) is 95.9 cm³/mol. The number of nitrogens with zero attached hydrogens (tertiary/aromatic N) is 3. The quantitative estimate of drug-likeness (QED) is 0.450. The van der Waals surface area contributed by atoms with Crippen molar-refractivity contribution in [1.29, 1.82) is 0 Å². The molecule has 0 aliphatic carbocycles. The van der Waals surface area contributed by atoms with Crippen molar-refractivity contribution in [3.8, 4) is 0 Å². The number of hydrogen-bond acceptors (Lipinski definition) is 7. The predicted octanol–water partition coefficient (Wildman–Crippen LogP) is 2.33. The molecule has 9 nitrogen and oxygen atoms in total. The van der Waals surface area contributed by atoms with Crippen LogP contribution in [-0.4, -0.2) is 54.5 Å². The Bertz CT molecular complexity index is 837. The zero-order valence-electron chi connectivity index (χ0n) is 14.8. The second-order valence-corrected chi connectivity index (χ2v) is 5.94. The number of nitro groups is 1. The summed E-state index contributed by atoms with van der Waals surface area (Å²) in [7, 11) is 0. The van der Waals surface area contributed by atoms with Gasteiger partial charge >= 0.3 is 11.9 Å². The molecular formula is C18H19N3O6. The number of benzene rings is 1. The van der Waals surface area contributed by atoms with E-state index in [0.29, 0.717) is 38.3 Å². The summed E-state index contributed by atoms with van der Waals surface area (Å²) in [6, 6.07) is 9.62. The van der Waals surface area contributed by atoms with Crippen molar-refractivity contribution in [3.63, 3.8) is 0 Å². The molecule has 2 aromatic rings. The zero-order valence-corrected chi connectivity index (χ0v) is 14.8. The van der Waals surface area contributed by atoms with Crippen LogP contribution >= 0.6 is 0 Å². The van der Waals surface area contributed by atoms with Crippen molar-refractivity contribution in [1.82, 2.24) is 4.90 Å². The molecule has 1 amide bonds. The molecule has 3 rings (SSSR count). The van der Waals surface area contributed by atoms with E-state index < -0.39 is 10.8 Å². The summed E-state index contributed by atoms with van der Waals surface area (Å²) in [6.07, 6.45) is 0. The first-order valence-corrected chi connectivity index (χ1v) is 8.55. The zero-order chi connectivity index (χ0) is 19.4. The molecule has 1 aliphatic rings. The molecule has 0 bridgehead atoms. The van der Waals surface area contributed by atoms with Gasteiger partial charge in [-0.1, -0.05) is 0 Å². The van der Waals surface area contributed by atoms with Gasteiger partial charge in [0.25, 0.3) is 5.91 Å². The van der Waals surface area contributed by atoms with Crippen molar-refractivity contribution >= 4 is 23.4 Å². The largest absolute Gasteiger partial charge is 0.462 e. The summed E-state index contributed by atoms with van der Waals surface area (Å²) in [6.45, 7) is 4.23. The van der Waals surface area contributed by atoms with Gasteiger partial charge in [0, 0.05) is 31.9 Å². The lowest BCUT2D eigenvalue weighted by Gasteiger charge is -2.35. The third kappa shape index (κ3) is 4.08. The van der Waals surface area contributed by atoms with Gasteiger partial charge in [0.1, 0.15) is 4.92 Å². The number of rotatable bonds is 5. The molecule has 2 heterocycles. The number of hydrogen-bond donors (Lipinski definition) is 0. The van der Waals surface area contributed by atoms with Crippen molar-refractivity contribution in [3.05, 3.63) is 57.8 Å². The fourth-order valence-corrected chi connectivity index (χ4v) is 2.89. The van der Waals surface area contributed by atoms with E-state index in [1.807, 2.05) is 12.1 Å². The first-order valence-electron chi connectivity index (χ1n) is 8.55. The molecule has 142 valence electrons. The van der Waals surface area contributed by atoms with Crippen LogP contribution in [0.2, 0.25) is 0 Å². The van der Waals surface area contributed by atoms with Gasteiger partial charge in [-0.15, -0.1) is 0 Å². The Balaban J connectivity index is 1.58. The highest BCUT2D eigenvalue weighted by Gasteiger charge is 2.26. The Morgan fingerprint density at radius 2 is 1.78 bits per heavy atom. The van der Waals surface area contributed by atoms with Gasteiger partial charge in [-0.3, -0.25) is 14.9 Å². The topological polar surface area (TPSA) is 106 Å². The Labute approximate surface area is 155 Å². The lowest BCUT2D eigenvalue weighted by atomic mass is 10.1. The van der Waals surface area contributed by atoms with Crippen LogP contribution in [0.25, 0.3) is 0 Å². The van der Waals surface area contributed by atoms with Gasteiger partial charge < -0.3 is 19.0 Å². The summed E-state index contributed by atoms with van der Waals surface area (Å²) in [5.74, 6) is -1.19. The second-order valence-electron chi connectivity index (χ2n) is 5.94. The summed E-state index contributed by atoms with van der Waals surface area (Å²) in [4.78, 5) is 37.8. The van der Waals surface area contributed by atoms with Crippen LogP contribution in [0.5, 0.6) is 0 Å². The SMILES string of the molecule is CCOC(=O)c1ccc(N2CCN(C(=O)c3ccc([N+](=O)[O-])o3)CC2)cc1. The van der Waals surface area contributed by atoms with Crippen LogP contribution in [0.1, 0.15) is 27.8 Å². The van der Waals surface area contributed by atoms with Gasteiger partial charge in [-0.25, -0.2) is 4.79 Å². The molecule has 0 atom stereocenters. The average molecular weight is 373 g/mol. The molecule has 0 spiro atoms. The first-order chi connectivity index (χ1) is 13.0. The van der Waals surface area contributed by atoms with E-state index in [-0.39, 0.29) is 17.6 Å². The summed E-state index contributed by atoms with van der Waals surface area (Å²) < 4.78 is 9.94. The number of esters is 1. The summed E-state index contributed by atoms with van der Waals surface area (Å²) in [5, 5.41) is 10.7. The maximum Gasteiger partial charge on any atom is 0.433 e. The molecule has 1 fully saturated rings. The van der Waals surface area contributed by atoms with Crippen molar-refractivity contribution in [2.45, 2.75) is 6.92 Å². The van der Waals surface area contributed by atoms with E-state index >= 15 is 0 Å². The lowest BCUT2D eigenvalue weighted by Crippen LogP contribution is -2.48. The average Bonchev–Trinajstić information content (AvgIpc) is 3.18. The highest BCUT2D eigenvalue weighted by molar-refractivity contribution is 5.92. The van der Waals surface area contributed by atoms with Crippen molar-refractivity contribution in [2.75, 3.05) is 37.7 Å². The van der Waals surface area contributed by atoms with Crippen molar-refractivity contribution in [2.24, 2.45) is 0 Å². The molecule has 0 radical (unpaired) electrons. The van der Waals surface area contributed by atoms with E-state index in [9.17, 15) is 19.7 Å². The minimum atomic E-state index is -0.672. The van der Waals surface area contributed by atoms with E-state index in [4.69, 9.17) is 9.15 Å². The van der Waals surface area contributed by atoms with E-state index in [1.165, 1.54) is 12.1 Å². The minimum Gasteiger partial charge on any atom is -0.462 e. The van der Waals surface area contributed by atoms with Gasteiger partial charge in [-0.2, -0.15) is 0 Å². The Morgan fingerprint density at radius 3 is 2.33 bits per heavy atom. The molecule has 0 unspecified atom stereocenters. The standard InChI is InChI=1S/C18H19N3O6/c1-2-26-18(23)13-3-5-14(6-4-13)19-9-11-20(12-10-19)17(22)15-7-8-16(27-15)21(24)25/h3-8H,2,9-12H2,1H3. The molecule has 1 aliphatic heterocycles. The number of piperazine rings is 1. The number of amides is 1. The maximum absolute atomic E-state index is 12.4. The smallest absolute Gasteiger partial charge is 0.433 e. The van der Waals surface area contributed by atoms with E-state index in [2.05, 4.69) is 4.90 Å². The summed E-state index contributed by atoms with van der Waals surface area (Å²) in [5.41, 5.74) is 1.44. The minimum absolute atomic E-state index is 0.0334. The van der Waals surface area contributed by atoms with E-state index in [1.54, 1.807) is 24.0 Å². The lowest BCUT2D eigenvalue weighted by molar-refractivity contribution is -0.402. The molecule has 1 saturated heterocycles. The molecular weight excluding hydrogens is 354 g/mol. The molecule has 9 heteroatoms. The van der Waals surface area contributed by atoms with Gasteiger partial charge in [0.15, 0.2) is 5.76 Å². The maximum atomic E-state index is 12.4. The van der Waals surface area contributed by atoms with Gasteiger partial charge in [0.2, 0.25) is 0 Å². The first kappa shape index (κ1) is 18.4. The van der Waals surface area contributed by atoms with E-state index in [0.717, 1.165) is 5.69 Å². The third-order valence-electron chi connectivity index (χ3n) is 4.29. The van der Waals surface area contributed by atoms with Crippen LogP contribution in [-0.2, 0) is 4.74 Å². The second kappa shape index (κ2) is 7.90. The summed E-state index contributed by atoms with van der Waals surface area (Å²) >= 11 is 0. The number of carbonyl (C=O) groups excluding carboxylic acids is 2. The number of anilines is 1. The highest BCUT2D eigenvalue weighted by atomic mass is 16.6. The van der Waals surface area contributed by atoms with Crippen LogP contribution in [0.4, 0.5) is 11.6 Å². The van der Waals surface area contributed by atoms with Gasteiger partial charge in [0.05, 0.1) is 18.2 Å². The number of ether oxygens (including phenoxy) is 1. The Kier molecular flexibility index (Phi) is 5.39. The monoisotopic (exact) mass is 373 g/mol. The highest BCUT2D eigenvalue weighted by Crippen LogP contribution is 2.21. The Hall–Kier alpha value is -3.36. The Morgan fingerprint density at radius 1 is 1.11 bits per heavy atom. The van der Waals surface area contributed by atoms with Crippen LogP contribution in [0.3, 0.4) is 0 Å². The fourth-order valence-electron chi connectivity index (χ4n) is 2.89. The molecule has 1 aromatic heterocycles. The van der Waals surface area contributed by atoms with Crippen LogP contribution in [0.15, 0.2) is 40.8 Å². The molecule has 0 saturated carbocycles. The van der Waals surface area contributed by atoms with Gasteiger partial charge in [-0.05, 0) is 37.3 Å². The number of carbonyl (C=O) groups is 2. The molecule has 27 heavy (non-hydrogen) atoms. The van der Waals surface area contributed by atoms with Crippen LogP contribution < -0.4 is 4.90 Å². The van der Waals surface area contributed by atoms with Crippen molar-refractivity contribution < 1.29 is 23.7 Å². The molecule has 0 N–H and O–H groups in total. The van der Waals surface area contributed by atoms with Crippen LogP contribution in [0, 0.1) is 10.1 Å². The molecule has 1 aromatic carbocycles. The normalized spacial score (nSPS) is 14.1.